The molecule has 124 valence electrons. The maximum Gasteiger partial charge on any atom is 0.294 e. The molecular weight excluding hydrogens is 320 g/mol. The average Bonchev–Trinajstić information content (AvgIpc) is 2.55. The van der Waals surface area contributed by atoms with Gasteiger partial charge in [0.1, 0.15) is 5.69 Å². The third kappa shape index (κ3) is 4.60. The summed E-state index contributed by atoms with van der Waals surface area (Å²) in [5, 5.41) is 16.7. The molecule has 1 aromatic carbocycles. The minimum absolute atomic E-state index is 0.0125. The predicted octanol–water partition coefficient (Wildman–Crippen LogP) is 1.65. The van der Waals surface area contributed by atoms with Crippen LogP contribution in [0.25, 0.3) is 0 Å². The maximum absolute atomic E-state index is 11.3. The van der Waals surface area contributed by atoms with E-state index in [1.807, 2.05) is 4.90 Å². The number of thiocarbonyl (C=S) groups is 1. The Kier molecular flexibility index (Phi) is 5.83. The SMILES string of the molecule is CCC(=O)NC(=S)Nc1ccc(N2CCOCC2)c([N+](=O)[O-])c1. The van der Waals surface area contributed by atoms with Gasteiger partial charge < -0.3 is 20.3 Å². The van der Waals surface area contributed by atoms with Gasteiger partial charge in [0.15, 0.2) is 5.11 Å². The van der Waals surface area contributed by atoms with Gasteiger partial charge in [-0.05, 0) is 24.4 Å². The molecule has 1 aliphatic rings. The number of anilines is 2. The summed E-state index contributed by atoms with van der Waals surface area (Å²) in [4.78, 5) is 24.1. The average molecular weight is 338 g/mol. The number of nitrogens with one attached hydrogen (secondary N) is 2. The van der Waals surface area contributed by atoms with Crippen molar-refractivity contribution in [1.29, 1.82) is 0 Å². The third-order valence-corrected chi connectivity index (χ3v) is 3.56. The normalized spacial score (nSPS) is 14.2. The molecule has 0 radical (unpaired) electrons. The van der Waals surface area contributed by atoms with Crippen molar-refractivity contribution < 1.29 is 14.5 Å². The lowest BCUT2D eigenvalue weighted by molar-refractivity contribution is -0.384. The maximum atomic E-state index is 11.3. The zero-order chi connectivity index (χ0) is 16.8. The van der Waals surface area contributed by atoms with Crippen LogP contribution in [0.3, 0.4) is 0 Å². The molecule has 0 saturated carbocycles. The molecule has 1 heterocycles. The smallest absolute Gasteiger partial charge is 0.294 e. The number of rotatable bonds is 4. The summed E-state index contributed by atoms with van der Waals surface area (Å²) >= 11 is 5.01. The van der Waals surface area contributed by atoms with Crippen LogP contribution in [0.15, 0.2) is 18.2 Å². The Bertz CT molecular complexity index is 617. The van der Waals surface area contributed by atoms with E-state index in [1.165, 1.54) is 6.07 Å². The zero-order valence-corrected chi connectivity index (χ0v) is 13.5. The Labute approximate surface area is 138 Å². The predicted molar refractivity (Wildman–Crippen MR) is 90.8 cm³/mol. The van der Waals surface area contributed by atoms with E-state index in [0.29, 0.717) is 44.1 Å². The van der Waals surface area contributed by atoms with Gasteiger partial charge >= 0.3 is 0 Å². The van der Waals surface area contributed by atoms with Crippen LogP contribution in [-0.2, 0) is 9.53 Å². The lowest BCUT2D eigenvalue weighted by Crippen LogP contribution is -2.36. The molecule has 0 unspecified atom stereocenters. The second kappa shape index (κ2) is 7.84. The number of nitro groups is 1. The summed E-state index contributed by atoms with van der Waals surface area (Å²) in [5.74, 6) is -0.220. The lowest BCUT2D eigenvalue weighted by Gasteiger charge is -2.28. The number of ether oxygens (including phenoxy) is 1. The lowest BCUT2D eigenvalue weighted by atomic mass is 10.2. The number of morpholine rings is 1. The van der Waals surface area contributed by atoms with Crippen LogP contribution < -0.4 is 15.5 Å². The van der Waals surface area contributed by atoms with Gasteiger partial charge in [0, 0.05) is 31.3 Å². The molecule has 1 aromatic rings. The van der Waals surface area contributed by atoms with Gasteiger partial charge in [0.2, 0.25) is 5.91 Å². The molecule has 0 aliphatic carbocycles. The molecular formula is C14H18N4O4S. The fraction of sp³-hybridized carbons (Fsp3) is 0.429. The summed E-state index contributed by atoms with van der Waals surface area (Å²) in [5.41, 5.74) is 0.990. The number of hydrogen-bond acceptors (Lipinski definition) is 6. The van der Waals surface area contributed by atoms with E-state index in [-0.39, 0.29) is 16.7 Å². The largest absolute Gasteiger partial charge is 0.378 e. The minimum atomic E-state index is -0.427. The second-order valence-electron chi connectivity index (χ2n) is 4.92. The molecule has 8 nitrogen and oxygen atoms in total. The third-order valence-electron chi connectivity index (χ3n) is 3.36. The number of amides is 1. The number of hydrogen-bond donors (Lipinski definition) is 2. The van der Waals surface area contributed by atoms with E-state index < -0.39 is 4.92 Å². The Morgan fingerprint density at radius 2 is 2.13 bits per heavy atom. The number of carbonyl (C=O) groups excluding carboxylic acids is 1. The van der Waals surface area contributed by atoms with Crippen molar-refractivity contribution in [3.63, 3.8) is 0 Å². The molecule has 1 fully saturated rings. The summed E-state index contributed by atoms with van der Waals surface area (Å²) in [6, 6.07) is 4.79. The summed E-state index contributed by atoms with van der Waals surface area (Å²) < 4.78 is 5.26. The van der Waals surface area contributed by atoms with E-state index >= 15 is 0 Å². The molecule has 0 atom stereocenters. The van der Waals surface area contributed by atoms with Crippen molar-refractivity contribution in [2.75, 3.05) is 36.5 Å². The first kappa shape index (κ1) is 17.1. The quantitative estimate of drug-likeness (QED) is 0.489. The fourth-order valence-electron chi connectivity index (χ4n) is 2.20. The van der Waals surface area contributed by atoms with Crippen LogP contribution in [0, 0.1) is 10.1 Å². The summed E-state index contributed by atoms with van der Waals surface area (Å²) in [6.45, 7) is 4.02. The van der Waals surface area contributed by atoms with Crippen LogP contribution in [-0.4, -0.2) is 42.2 Å². The highest BCUT2D eigenvalue weighted by Gasteiger charge is 2.22. The van der Waals surface area contributed by atoms with Gasteiger partial charge in [0.25, 0.3) is 5.69 Å². The molecule has 1 saturated heterocycles. The fourth-order valence-corrected chi connectivity index (χ4v) is 2.43. The molecule has 2 N–H and O–H groups in total. The topological polar surface area (TPSA) is 96.7 Å². The number of carbonyl (C=O) groups is 1. The van der Waals surface area contributed by atoms with E-state index in [4.69, 9.17) is 17.0 Å². The first-order valence-corrected chi connectivity index (χ1v) is 7.64. The second-order valence-corrected chi connectivity index (χ2v) is 5.32. The molecule has 23 heavy (non-hydrogen) atoms. The van der Waals surface area contributed by atoms with E-state index in [9.17, 15) is 14.9 Å². The summed E-state index contributed by atoms with van der Waals surface area (Å²) in [6.07, 6.45) is 0.304. The highest BCUT2D eigenvalue weighted by Crippen LogP contribution is 2.31. The van der Waals surface area contributed by atoms with Gasteiger partial charge in [-0.25, -0.2) is 0 Å². The number of nitro benzene ring substituents is 1. The van der Waals surface area contributed by atoms with E-state index in [1.54, 1.807) is 19.1 Å². The standard InChI is InChI=1S/C14H18N4O4S/c1-2-13(19)16-14(23)15-10-3-4-11(12(9-10)18(20)21)17-5-7-22-8-6-17/h3-4,9H,2,5-8H2,1H3,(H2,15,16,19,23). The van der Waals surface area contributed by atoms with E-state index in [0.717, 1.165) is 0 Å². The van der Waals surface area contributed by atoms with Crippen molar-refractivity contribution in [3.8, 4) is 0 Å². The highest BCUT2D eigenvalue weighted by atomic mass is 32.1. The van der Waals surface area contributed by atoms with Crippen molar-refractivity contribution in [1.82, 2.24) is 5.32 Å². The zero-order valence-electron chi connectivity index (χ0n) is 12.7. The molecule has 1 amide bonds. The Hall–Kier alpha value is -2.26. The van der Waals surface area contributed by atoms with Crippen LogP contribution >= 0.6 is 12.2 Å². The van der Waals surface area contributed by atoms with Crippen LogP contribution in [0.1, 0.15) is 13.3 Å². The first-order chi connectivity index (χ1) is 11.0. The molecule has 0 aromatic heterocycles. The van der Waals surface area contributed by atoms with Gasteiger partial charge in [-0.1, -0.05) is 6.92 Å². The molecule has 9 heteroatoms. The monoisotopic (exact) mass is 338 g/mol. The van der Waals surface area contributed by atoms with Crippen LogP contribution in [0.5, 0.6) is 0 Å². The first-order valence-electron chi connectivity index (χ1n) is 7.23. The van der Waals surface area contributed by atoms with Crippen LogP contribution in [0.2, 0.25) is 0 Å². The Balaban J connectivity index is 2.17. The van der Waals surface area contributed by atoms with Crippen molar-refractivity contribution in [3.05, 3.63) is 28.3 Å². The van der Waals surface area contributed by atoms with Gasteiger partial charge in [-0.3, -0.25) is 14.9 Å². The molecule has 2 rings (SSSR count). The van der Waals surface area contributed by atoms with Crippen molar-refractivity contribution in [2.24, 2.45) is 0 Å². The highest BCUT2D eigenvalue weighted by molar-refractivity contribution is 7.80. The van der Waals surface area contributed by atoms with E-state index in [2.05, 4.69) is 10.6 Å². The van der Waals surface area contributed by atoms with Gasteiger partial charge in [-0.2, -0.15) is 0 Å². The number of benzene rings is 1. The minimum Gasteiger partial charge on any atom is -0.378 e. The Morgan fingerprint density at radius 1 is 1.43 bits per heavy atom. The Morgan fingerprint density at radius 3 is 2.74 bits per heavy atom. The van der Waals surface area contributed by atoms with Crippen LogP contribution in [0.4, 0.5) is 17.1 Å². The molecule has 0 bridgehead atoms. The number of nitrogens with zero attached hydrogens (tertiary/aromatic N) is 2. The molecule has 1 aliphatic heterocycles. The summed E-state index contributed by atoms with van der Waals surface area (Å²) in [7, 11) is 0. The van der Waals surface area contributed by atoms with Gasteiger partial charge in [-0.15, -0.1) is 0 Å². The van der Waals surface area contributed by atoms with Gasteiger partial charge in [0.05, 0.1) is 18.1 Å². The molecule has 0 spiro atoms. The van der Waals surface area contributed by atoms with Crippen molar-refractivity contribution >= 4 is 40.3 Å². The van der Waals surface area contributed by atoms with Crippen molar-refractivity contribution in [2.45, 2.75) is 13.3 Å².